The molecule has 0 spiro atoms. The fourth-order valence-corrected chi connectivity index (χ4v) is 2.91. The van der Waals surface area contributed by atoms with Crippen molar-refractivity contribution in [2.75, 3.05) is 58.8 Å². The summed E-state index contributed by atoms with van der Waals surface area (Å²) in [7, 11) is 0. The van der Waals surface area contributed by atoms with Gasteiger partial charge in [-0.25, -0.2) is 14.4 Å². The van der Waals surface area contributed by atoms with Gasteiger partial charge >= 0.3 is 29.3 Å². The molecule has 1 aliphatic heterocycles. The van der Waals surface area contributed by atoms with E-state index >= 15 is 0 Å². The highest BCUT2D eigenvalue weighted by Crippen LogP contribution is 2.10. The molecular formula is C18H28N2O11S. The van der Waals surface area contributed by atoms with Crippen molar-refractivity contribution in [3.05, 3.63) is 0 Å². The van der Waals surface area contributed by atoms with Crippen LogP contribution >= 0.6 is 11.8 Å². The quantitative estimate of drug-likeness (QED) is 0.176. The number of carbonyl (C=O) groups is 5. The monoisotopic (exact) mass is 480 g/mol. The average molecular weight is 480 g/mol. The van der Waals surface area contributed by atoms with E-state index in [9.17, 15) is 24.0 Å². The maximum Gasteiger partial charge on any atom is 0.410 e. The standard InChI is InChI=1S/C18H28N2O11S/c1-13(21)28-11-30-17(24)19-15(10-32-18(25)31-12-29-14(2)22)16(23)27-7-3-4-20-5-8-26-9-6-20/h15H,3-12H2,1-2H3,(H,19,24)/t15-/m0/s1. The Morgan fingerprint density at radius 3 is 2.19 bits per heavy atom. The Kier molecular flexibility index (Phi) is 13.8. The molecular weight excluding hydrogens is 452 g/mol. The summed E-state index contributed by atoms with van der Waals surface area (Å²) in [4.78, 5) is 59.5. The maximum absolute atomic E-state index is 12.4. The predicted octanol–water partition coefficient (Wildman–Crippen LogP) is 0.258. The van der Waals surface area contributed by atoms with Crippen LogP contribution in [0.2, 0.25) is 0 Å². The molecule has 0 aromatic heterocycles. The Morgan fingerprint density at radius 1 is 0.938 bits per heavy atom. The molecule has 1 N–H and O–H groups in total. The van der Waals surface area contributed by atoms with E-state index in [2.05, 4.69) is 29.2 Å². The number of rotatable bonds is 12. The molecule has 182 valence electrons. The van der Waals surface area contributed by atoms with Crippen molar-refractivity contribution in [1.82, 2.24) is 10.2 Å². The summed E-state index contributed by atoms with van der Waals surface area (Å²) in [6, 6.07) is -1.24. The SMILES string of the molecule is CC(=O)OCOC(=O)N[C@@H](CSC(=O)OCOC(C)=O)C(=O)OCCCN1CCOCC1. The van der Waals surface area contributed by atoms with Gasteiger partial charge in [0.15, 0.2) is 0 Å². The number of esters is 3. The van der Waals surface area contributed by atoms with Gasteiger partial charge in [0.1, 0.15) is 6.04 Å². The lowest BCUT2D eigenvalue weighted by Crippen LogP contribution is -2.44. The topological polar surface area (TPSA) is 156 Å². The molecule has 0 aliphatic carbocycles. The second kappa shape index (κ2) is 16.1. The largest absolute Gasteiger partial charge is 0.464 e. The number of hydrogen-bond donors (Lipinski definition) is 1. The smallest absolute Gasteiger partial charge is 0.410 e. The molecule has 1 atom stereocenters. The van der Waals surface area contributed by atoms with Crippen molar-refractivity contribution in [2.45, 2.75) is 26.3 Å². The zero-order chi connectivity index (χ0) is 23.8. The molecule has 1 saturated heterocycles. The van der Waals surface area contributed by atoms with Crippen molar-refractivity contribution in [3.63, 3.8) is 0 Å². The number of thioether (sulfide) groups is 1. The second-order valence-corrected chi connectivity index (χ2v) is 7.27. The normalized spacial score (nSPS) is 14.6. The molecule has 1 heterocycles. The van der Waals surface area contributed by atoms with Gasteiger partial charge in [-0.05, 0) is 18.2 Å². The van der Waals surface area contributed by atoms with Crippen LogP contribution in [0.25, 0.3) is 0 Å². The zero-order valence-electron chi connectivity index (χ0n) is 18.0. The Morgan fingerprint density at radius 2 is 1.56 bits per heavy atom. The van der Waals surface area contributed by atoms with E-state index in [-0.39, 0.29) is 12.4 Å². The summed E-state index contributed by atoms with van der Waals surface area (Å²) in [6.07, 6.45) is -0.470. The van der Waals surface area contributed by atoms with Crippen LogP contribution in [-0.2, 0) is 42.8 Å². The van der Waals surface area contributed by atoms with Gasteiger partial charge in [-0.3, -0.25) is 14.5 Å². The summed E-state index contributed by atoms with van der Waals surface area (Å²) in [5.41, 5.74) is 0. The Bertz CT molecular complexity index is 640. The summed E-state index contributed by atoms with van der Waals surface area (Å²) in [6.45, 7) is 4.83. The highest BCUT2D eigenvalue weighted by atomic mass is 32.2. The third-order valence-corrected chi connectivity index (χ3v) is 4.66. The Balaban J connectivity index is 2.46. The first-order valence-electron chi connectivity index (χ1n) is 9.74. The number of carbonyl (C=O) groups excluding carboxylic acids is 5. The molecule has 0 radical (unpaired) electrons. The lowest BCUT2D eigenvalue weighted by Gasteiger charge is -2.26. The lowest BCUT2D eigenvalue weighted by atomic mass is 10.3. The summed E-state index contributed by atoms with van der Waals surface area (Å²) < 4.78 is 28.7. The summed E-state index contributed by atoms with van der Waals surface area (Å²) in [5.74, 6) is -2.29. The van der Waals surface area contributed by atoms with Crippen LogP contribution in [0.1, 0.15) is 20.3 Å². The zero-order valence-corrected chi connectivity index (χ0v) is 18.8. The number of nitrogens with zero attached hydrogens (tertiary/aromatic N) is 1. The number of hydrogen-bond acceptors (Lipinski definition) is 13. The molecule has 13 nitrogen and oxygen atoms in total. The van der Waals surface area contributed by atoms with Crippen molar-refractivity contribution in [3.8, 4) is 0 Å². The molecule has 0 aromatic rings. The fraction of sp³-hybridized carbons (Fsp3) is 0.722. The Hall–Kier alpha value is -2.58. The molecule has 1 rings (SSSR count). The molecule has 0 saturated carbocycles. The number of morpholine rings is 1. The third-order valence-electron chi connectivity index (χ3n) is 3.80. The van der Waals surface area contributed by atoms with Crippen molar-refractivity contribution in [1.29, 1.82) is 0 Å². The van der Waals surface area contributed by atoms with E-state index in [1.54, 1.807) is 0 Å². The van der Waals surface area contributed by atoms with E-state index < -0.39 is 48.9 Å². The molecule has 1 aliphatic rings. The van der Waals surface area contributed by atoms with Crippen molar-refractivity contribution < 1.29 is 52.4 Å². The van der Waals surface area contributed by atoms with Gasteiger partial charge < -0.3 is 33.7 Å². The molecule has 14 heteroatoms. The van der Waals surface area contributed by atoms with E-state index in [1.807, 2.05) is 0 Å². The van der Waals surface area contributed by atoms with Crippen LogP contribution in [0, 0.1) is 0 Å². The first-order valence-corrected chi connectivity index (χ1v) is 10.7. The first kappa shape index (κ1) is 27.5. The van der Waals surface area contributed by atoms with Crippen LogP contribution in [-0.4, -0.2) is 99.0 Å². The summed E-state index contributed by atoms with van der Waals surface area (Å²) >= 11 is 0.566. The van der Waals surface area contributed by atoms with E-state index in [0.717, 1.165) is 33.5 Å². The number of nitrogens with one attached hydrogen (secondary N) is 1. The maximum atomic E-state index is 12.4. The number of amides is 1. The van der Waals surface area contributed by atoms with E-state index in [0.29, 0.717) is 31.4 Å². The van der Waals surface area contributed by atoms with Gasteiger partial charge in [0, 0.05) is 39.2 Å². The molecule has 1 amide bonds. The van der Waals surface area contributed by atoms with Gasteiger partial charge in [-0.15, -0.1) is 0 Å². The van der Waals surface area contributed by atoms with Crippen LogP contribution in [0.15, 0.2) is 0 Å². The molecule has 0 bridgehead atoms. The molecule has 32 heavy (non-hydrogen) atoms. The van der Waals surface area contributed by atoms with E-state index in [4.69, 9.17) is 9.47 Å². The van der Waals surface area contributed by atoms with Crippen LogP contribution in [0.3, 0.4) is 0 Å². The minimum Gasteiger partial charge on any atom is -0.464 e. The van der Waals surface area contributed by atoms with Gasteiger partial charge in [0.2, 0.25) is 13.6 Å². The highest BCUT2D eigenvalue weighted by molar-refractivity contribution is 8.13. The van der Waals surface area contributed by atoms with Gasteiger partial charge in [0.05, 0.1) is 19.8 Å². The predicted molar refractivity (Wildman–Crippen MR) is 108 cm³/mol. The fourth-order valence-electron chi connectivity index (χ4n) is 2.26. The van der Waals surface area contributed by atoms with Crippen LogP contribution < -0.4 is 5.32 Å². The minimum absolute atomic E-state index is 0.110. The van der Waals surface area contributed by atoms with Crippen molar-refractivity contribution in [2.24, 2.45) is 0 Å². The second-order valence-electron chi connectivity index (χ2n) is 6.32. The lowest BCUT2D eigenvalue weighted by molar-refractivity contribution is -0.150. The number of ether oxygens (including phenoxy) is 6. The van der Waals surface area contributed by atoms with Crippen LogP contribution in [0.5, 0.6) is 0 Å². The van der Waals surface area contributed by atoms with Crippen LogP contribution in [0.4, 0.5) is 9.59 Å². The molecule has 1 fully saturated rings. The Labute approximate surface area is 189 Å². The molecule has 0 aromatic carbocycles. The molecule has 0 unspecified atom stereocenters. The van der Waals surface area contributed by atoms with Gasteiger partial charge in [-0.1, -0.05) is 0 Å². The highest BCUT2D eigenvalue weighted by Gasteiger charge is 2.25. The minimum atomic E-state index is -1.24. The third kappa shape index (κ3) is 13.7. The first-order chi connectivity index (χ1) is 15.3. The summed E-state index contributed by atoms with van der Waals surface area (Å²) in [5, 5.41) is 1.42. The number of alkyl carbamates (subject to hydrolysis) is 1. The van der Waals surface area contributed by atoms with E-state index in [1.165, 1.54) is 0 Å². The average Bonchev–Trinajstić information content (AvgIpc) is 2.74. The van der Waals surface area contributed by atoms with Crippen molar-refractivity contribution >= 4 is 41.1 Å². The van der Waals surface area contributed by atoms with Gasteiger partial charge in [0.25, 0.3) is 0 Å². The van der Waals surface area contributed by atoms with Gasteiger partial charge in [-0.2, -0.15) is 0 Å².